The molecule has 0 aliphatic heterocycles. The topological polar surface area (TPSA) is 57.5 Å². The molecule has 0 rings (SSSR count). The Morgan fingerprint density at radius 2 is 1.70 bits per heavy atom. The Morgan fingerprint density at radius 1 is 1.09 bits per heavy atom. The van der Waals surface area contributed by atoms with Crippen molar-refractivity contribution in [2.75, 3.05) is 26.2 Å². The van der Waals surface area contributed by atoms with Gasteiger partial charge in [-0.2, -0.15) is 0 Å². The lowest BCUT2D eigenvalue weighted by molar-refractivity contribution is -0.931. The van der Waals surface area contributed by atoms with Crippen LogP contribution in [0.15, 0.2) is 12.2 Å². The Kier molecular flexibility index (Phi) is 13.0. The second-order valence-electron chi connectivity index (χ2n) is 6.70. The molecule has 0 fully saturated rings. The van der Waals surface area contributed by atoms with Crippen molar-refractivity contribution in [1.29, 1.82) is 0 Å². The van der Waals surface area contributed by atoms with Crippen LogP contribution in [0.5, 0.6) is 0 Å². The monoisotopic (exact) mass is 328 g/mol. The molecule has 4 nitrogen and oxygen atoms in total. The van der Waals surface area contributed by atoms with Gasteiger partial charge < -0.3 is 14.7 Å². The summed E-state index contributed by atoms with van der Waals surface area (Å²) in [6.45, 7) is 9.65. The molecule has 136 valence electrons. The molecule has 1 unspecified atom stereocenters. The van der Waals surface area contributed by atoms with E-state index in [4.69, 9.17) is 5.11 Å². The third-order valence-corrected chi connectivity index (χ3v) is 4.51. The van der Waals surface area contributed by atoms with Crippen molar-refractivity contribution in [3.63, 3.8) is 0 Å². The zero-order chi connectivity index (χ0) is 17.6. The smallest absolute Gasteiger partial charge is 0.309 e. The molecule has 23 heavy (non-hydrogen) atoms. The Labute approximate surface area is 142 Å². The first-order valence-corrected chi connectivity index (χ1v) is 9.35. The average Bonchev–Trinajstić information content (AvgIpc) is 2.53. The maximum Gasteiger partial charge on any atom is 0.309 e. The van der Waals surface area contributed by atoms with Gasteiger partial charge in [-0.15, -0.1) is 0 Å². The molecular formula is C19H38NO3+. The summed E-state index contributed by atoms with van der Waals surface area (Å²) in [5, 5.41) is 19.5. The van der Waals surface area contributed by atoms with Gasteiger partial charge in [0.1, 0.15) is 12.6 Å². The summed E-state index contributed by atoms with van der Waals surface area (Å²) in [5.74, 6) is -0.733. The number of carboxylic acids is 1. The highest BCUT2D eigenvalue weighted by atomic mass is 16.4. The number of quaternary nitrogens is 1. The van der Waals surface area contributed by atoms with Crippen LogP contribution >= 0.6 is 0 Å². The van der Waals surface area contributed by atoms with Crippen LogP contribution in [0.25, 0.3) is 0 Å². The van der Waals surface area contributed by atoms with Crippen LogP contribution in [0.4, 0.5) is 0 Å². The fourth-order valence-electron chi connectivity index (χ4n) is 3.11. The lowest BCUT2D eigenvalue weighted by atomic mass is 10.1. The van der Waals surface area contributed by atoms with Crippen molar-refractivity contribution in [1.82, 2.24) is 0 Å². The van der Waals surface area contributed by atoms with Gasteiger partial charge in [-0.3, -0.25) is 4.79 Å². The molecule has 0 aromatic heterocycles. The SMILES string of the molecule is C/C=C/CCCC(O)C[N+](CCCC)(CCCC)CCC(=O)O. The third kappa shape index (κ3) is 11.3. The van der Waals surface area contributed by atoms with Gasteiger partial charge in [-0.05, 0) is 39.0 Å². The van der Waals surface area contributed by atoms with E-state index in [0.29, 0.717) is 13.1 Å². The van der Waals surface area contributed by atoms with E-state index in [-0.39, 0.29) is 12.5 Å². The molecule has 0 heterocycles. The van der Waals surface area contributed by atoms with Gasteiger partial charge in [0.25, 0.3) is 0 Å². The van der Waals surface area contributed by atoms with Crippen LogP contribution in [0, 0.1) is 0 Å². The number of rotatable bonds is 15. The number of hydrogen-bond acceptors (Lipinski definition) is 2. The number of carbonyl (C=O) groups is 1. The van der Waals surface area contributed by atoms with Crippen LogP contribution in [-0.4, -0.2) is 52.9 Å². The number of unbranched alkanes of at least 4 members (excludes halogenated alkanes) is 3. The minimum Gasteiger partial charge on any atom is -0.481 e. The van der Waals surface area contributed by atoms with Gasteiger partial charge in [-0.25, -0.2) is 0 Å². The molecule has 0 aliphatic carbocycles. The first-order valence-electron chi connectivity index (χ1n) is 9.35. The molecule has 0 saturated carbocycles. The molecule has 0 bridgehead atoms. The highest BCUT2D eigenvalue weighted by Gasteiger charge is 2.30. The number of aliphatic carboxylic acids is 1. The number of allylic oxidation sites excluding steroid dienone is 2. The molecule has 2 N–H and O–H groups in total. The Hall–Kier alpha value is -0.870. The van der Waals surface area contributed by atoms with Crippen molar-refractivity contribution in [3.8, 4) is 0 Å². The van der Waals surface area contributed by atoms with Gasteiger partial charge in [0.15, 0.2) is 0 Å². The minimum atomic E-state index is -0.733. The van der Waals surface area contributed by atoms with Crippen molar-refractivity contribution >= 4 is 5.97 Å². The third-order valence-electron chi connectivity index (χ3n) is 4.51. The van der Waals surface area contributed by atoms with Gasteiger partial charge >= 0.3 is 5.97 Å². The highest BCUT2D eigenvalue weighted by Crippen LogP contribution is 2.17. The van der Waals surface area contributed by atoms with E-state index in [0.717, 1.165) is 62.5 Å². The van der Waals surface area contributed by atoms with E-state index >= 15 is 0 Å². The largest absolute Gasteiger partial charge is 0.481 e. The normalized spacial score (nSPS) is 13.6. The van der Waals surface area contributed by atoms with Crippen LogP contribution in [-0.2, 0) is 4.79 Å². The van der Waals surface area contributed by atoms with Crippen molar-refractivity contribution in [2.45, 2.75) is 78.2 Å². The van der Waals surface area contributed by atoms with E-state index in [2.05, 4.69) is 19.9 Å². The molecule has 0 spiro atoms. The summed E-state index contributed by atoms with van der Waals surface area (Å²) in [5.41, 5.74) is 0. The quantitative estimate of drug-likeness (QED) is 0.271. The lowest BCUT2D eigenvalue weighted by Crippen LogP contribution is -2.54. The van der Waals surface area contributed by atoms with Gasteiger partial charge in [0.2, 0.25) is 0 Å². The van der Waals surface area contributed by atoms with Crippen LogP contribution < -0.4 is 0 Å². The fraction of sp³-hybridized carbons (Fsp3) is 0.842. The predicted octanol–water partition coefficient (Wildman–Crippen LogP) is 3.99. The zero-order valence-corrected chi connectivity index (χ0v) is 15.5. The number of hydrogen-bond donors (Lipinski definition) is 2. The van der Waals surface area contributed by atoms with Crippen molar-refractivity contribution in [2.24, 2.45) is 0 Å². The summed E-state index contributed by atoms with van der Waals surface area (Å²) in [7, 11) is 0. The molecule has 0 aromatic carbocycles. The fourth-order valence-corrected chi connectivity index (χ4v) is 3.11. The first-order chi connectivity index (χ1) is 11.0. The molecule has 1 atom stereocenters. The maximum absolute atomic E-state index is 11.0. The number of aliphatic hydroxyl groups excluding tert-OH is 1. The maximum atomic E-state index is 11.0. The minimum absolute atomic E-state index is 0.193. The second kappa shape index (κ2) is 13.6. The predicted molar refractivity (Wildman–Crippen MR) is 96.5 cm³/mol. The van der Waals surface area contributed by atoms with E-state index in [1.165, 1.54) is 0 Å². The van der Waals surface area contributed by atoms with Gasteiger partial charge in [0, 0.05) is 0 Å². The molecule has 0 saturated heterocycles. The summed E-state index contributed by atoms with van der Waals surface area (Å²) >= 11 is 0. The highest BCUT2D eigenvalue weighted by molar-refractivity contribution is 5.66. The van der Waals surface area contributed by atoms with Gasteiger partial charge in [0.05, 0.1) is 26.1 Å². The summed E-state index contributed by atoms with van der Waals surface area (Å²) in [6, 6.07) is 0. The van der Waals surface area contributed by atoms with E-state index < -0.39 is 5.97 Å². The Morgan fingerprint density at radius 3 is 2.17 bits per heavy atom. The summed E-state index contributed by atoms with van der Waals surface area (Å²) < 4.78 is 0.763. The van der Waals surface area contributed by atoms with E-state index in [1.807, 2.05) is 13.0 Å². The number of carboxylic acid groups (broad SMARTS) is 1. The first kappa shape index (κ1) is 22.1. The molecule has 0 aromatic rings. The second-order valence-corrected chi connectivity index (χ2v) is 6.70. The molecule has 0 aliphatic rings. The van der Waals surface area contributed by atoms with E-state index in [9.17, 15) is 9.90 Å². The molecule has 0 amide bonds. The van der Waals surface area contributed by atoms with Crippen LogP contribution in [0.1, 0.15) is 72.1 Å². The zero-order valence-electron chi connectivity index (χ0n) is 15.5. The van der Waals surface area contributed by atoms with Crippen LogP contribution in [0.2, 0.25) is 0 Å². The standard InChI is InChI=1S/C19H37NO3/c1-4-7-10-11-12-18(21)17-20(14-8-5-2,15-9-6-3)16-13-19(22)23/h4,7,18,21H,5-6,8-17H2,1-3H3/p+1/b7-4+. The molecular weight excluding hydrogens is 290 g/mol. The Bertz CT molecular complexity index is 321. The summed E-state index contributed by atoms with van der Waals surface area (Å²) in [6.07, 6.45) is 11.2. The van der Waals surface area contributed by atoms with Crippen molar-refractivity contribution < 1.29 is 19.5 Å². The Balaban J connectivity index is 4.75. The van der Waals surface area contributed by atoms with Crippen molar-refractivity contribution in [3.05, 3.63) is 12.2 Å². The van der Waals surface area contributed by atoms with E-state index in [1.54, 1.807) is 0 Å². The number of nitrogens with zero attached hydrogens (tertiary/aromatic N) is 1. The lowest BCUT2D eigenvalue weighted by Gasteiger charge is -2.40. The van der Waals surface area contributed by atoms with Crippen LogP contribution in [0.3, 0.4) is 0 Å². The van der Waals surface area contributed by atoms with Gasteiger partial charge in [-0.1, -0.05) is 38.8 Å². The number of aliphatic hydroxyl groups is 1. The molecule has 4 heteroatoms. The molecule has 0 radical (unpaired) electrons. The summed E-state index contributed by atoms with van der Waals surface area (Å²) in [4.78, 5) is 11.0. The average molecular weight is 329 g/mol.